The summed E-state index contributed by atoms with van der Waals surface area (Å²) < 4.78 is 5.26. The summed E-state index contributed by atoms with van der Waals surface area (Å²) in [6.07, 6.45) is 2.77. The molecule has 29 heavy (non-hydrogen) atoms. The Morgan fingerprint density at radius 1 is 1.17 bits per heavy atom. The van der Waals surface area contributed by atoms with Crippen LogP contribution < -0.4 is 10.6 Å². The maximum Gasteiger partial charge on any atom is 0.340 e. The van der Waals surface area contributed by atoms with Crippen molar-refractivity contribution in [2.75, 3.05) is 10.6 Å². The van der Waals surface area contributed by atoms with E-state index < -0.39 is 18.0 Å². The zero-order valence-corrected chi connectivity index (χ0v) is 16.6. The van der Waals surface area contributed by atoms with Gasteiger partial charge in [0.15, 0.2) is 11.2 Å². The molecule has 2 aromatic heterocycles. The predicted molar refractivity (Wildman–Crippen MR) is 112 cm³/mol. The molecule has 0 radical (unpaired) electrons. The van der Waals surface area contributed by atoms with Gasteiger partial charge in [0.1, 0.15) is 5.82 Å². The van der Waals surface area contributed by atoms with Crippen LogP contribution in [0.25, 0.3) is 11.3 Å². The molecule has 0 spiro atoms. The van der Waals surface area contributed by atoms with E-state index >= 15 is 0 Å². The summed E-state index contributed by atoms with van der Waals surface area (Å²) in [5.41, 5.74) is 2.05. The fourth-order valence-corrected chi connectivity index (χ4v) is 3.32. The molecule has 0 aliphatic heterocycles. The molecule has 8 heteroatoms. The van der Waals surface area contributed by atoms with E-state index in [0.717, 1.165) is 29.9 Å². The van der Waals surface area contributed by atoms with E-state index in [1.54, 1.807) is 12.1 Å². The average Bonchev–Trinajstić information content (AvgIpc) is 3.43. The van der Waals surface area contributed by atoms with Crippen molar-refractivity contribution in [2.45, 2.75) is 31.9 Å². The number of pyridine rings is 1. The van der Waals surface area contributed by atoms with E-state index in [4.69, 9.17) is 4.74 Å². The summed E-state index contributed by atoms with van der Waals surface area (Å²) in [5, 5.41) is 8.26. The van der Waals surface area contributed by atoms with Crippen molar-refractivity contribution in [2.24, 2.45) is 0 Å². The number of benzene rings is 1. The van der Waals surface area contributed by atoms with Crippen LogP contribution in [0.4, 0.5) is 10.9 Å². The molecule has 2 N–H and O–H groups in total. The maximum absolute atomic E-state index is 12.4. The van der Waals surface area contributed by atoms with Crippen LogP contribution in [0.5, 0.6) is 0 Å². The van der Waals surface area contributed by atoms with Crippen LogP contribution in [0.3, 0.4) is 0 Å². The number of carbonyl (C=O) groups is 2. The average molecular weight is 408 g/mol. The molecule has 0 saturated heterocycles. The monoisotopic (exact) mass is 408 g/mol. The van der Waals surface area contributed by atoms with Gasteiger partial charge < -0.3 is 10.1 Å². The minimum atomic E-state index is -0.962. The fraction of sp³-hybridized carbons (Fsp3) is 0.238. The number of nitrogens with one attached hydrogen (secondary N) is 2. The lowest BCUT2D eigenvalue weighted by molar-refractivity contribution is -0.123. The molecule has 1 aromatic carbocycles. The number of esters is 1. The van der Waals surface area contributed by atoms with Gasteiger partial charge in [0, 0.05) is 23.2 Å². The normalized spacial score (nSPS) is 14.1. The van der Waals surface area contributed by atoms with Crippen LogP contribution >= 0.6 is 11.3 Å². The molecule has 1 fully saturated rings. The van der Waals surface area contributed by atoms with Gasteiger partial charge in [0.2, 0.25) is 0 Å². The van der Waals surface area contributed by atoms with E-state index in [9.17, 15) is 9.59 Å². The van der Waals surface area contributed by atoms with Crippen molar-refractivity contribution in [1.29, 1.82) is 0 Å². The van der Waals surface area contributed by atoms with Gasteiger partial charge in [0.05, 0.1) is 11.3 Å². The Morgan fingerprint density at radius 3 is 2.66 bits per heavy atom. The number of amides is 1. The van der Waals surface area contributed by atoms with Gasteiger partial charge in [-0.1, -0.05) is 30.3 Å². The first-order valence-electron chi connectivity index (χ1n) is 9.34. The Balaban J connectivity index is 1.32. The van der Waals surface area contributed by atoms with Gasteiger partial charge >= 0.3 is 5.97 Å². The zero-order chi connectivity index (χ0) is 20.2. The lowest BCUT2D eigenvalue weighted by atomic mass is 10.2. The third-order valence-corrected chi connectivity index (χ3v) is 5.14. The fourth-order valence-electron chi connectivity index (χ4n) is 2.60. The molecule has 1 amide bonds. The van der Waals surface area contributed by atoms with Crippen LogP contribution in [0.1, 0.15) is 30.1 Å². The number of ether oxygens (including phenoxy) is 1. The number of hydrogen-bond acceptors (Lipinski definition) is 7. The molecular weight excluding hydrogens is 388 g/mol. The molecule has 4 rings (SSSR count). The van der Waals surface area contributed by atoms with Gasteiger partial charge in [-0.05, 0) is 31.9 Å². The first kappa shape index (κ1) is 19.1. The number of nitrogens with zero attached hydrogens (tertiary/aromatic N) is 2. The van der Waals surface area contributed by atoms with Gasteiger partial charge in [0.25, 0.3) is 5.91 Å². The smallest absolute Gasteiger partial charge is 0.340 e. The first-order chi connectivity index (χ1) is 14.1. The zero-order valence-electron chi connectivity index (χ0n) is 15.8. The topological polar surface area (TPSA) is 93.2 Å². The highest BCUT2D eigenvalue weighted by Gasteiger charge is 2.22. The van der Waals surface area contributed by atoms with E-state index in [0.29, 0.717) is 16.7 Å². The highest BCUT2D eigenvalue weighted by atomic mass is 32.1. The number of anilines is 2. The highest BCUT2D eigenvalue weighted by molar-refractivity contribution is 7.14. The van der Waals surface area contributed by atoms with Crippen molar-refractivity contribution in [1.82, 2.24) is 9.97 Å². The van der Waals surface area contributed by atoms with Gasteiger partial charge in [-0.15, -0.1) is 11.3 Å². The van der Waals surface area contributed by atoms with Crippen LogP contribution in [0, 0.1) is 0 Å². The molecule has 3 aromatic rings. The van der Waals surface area contributed by atoms with Crippen LogP contribution in [-0.4, -0.2) is 34.0 Å². The summed E-state index contributed by atoms with van der Waals surface area (Å²) in [4.78, 5) is 33.2. The standard InChI is InChI=1S/C21H20N4O3S/c1-13(28-20(27)15-7-10-18(22-11-15)23-16-8-9-16)19(26)25-21-24-17(12-29-21)14-5-3-2-4-6-14/h2-7,10-13,16H,8-9H2,1H3,(H,22,23)(H,24,25,26). The number of thiazole rings is 1. The molecule has 1 unspecified atom stereocenters. The third kappa shape index (κ3) is 4.97. The van der Waals surface area contributed by atoms with Gasteiger partial charge in [-0.3, -0.25) is 10.1 Å². The second kappa shape index (κ2) is 8.40. The SMILES string of the molecule is CC(OC(=O)c1ccc(NC2CC2)nc1)C(=O)Nc1nc(-c2ccccc2)cs1. The van der Waals surface area contributed by atoms with Crippen molar-refractivity contribution in [3.8, 4) is 11.3 Å². The third-order valence-electron chi connectivity index (χ3n) is 4.39. The number of rotatable bonds is 7. The lowest BCUT2D eigenvalue weighted by Gasteiger charge is -2.12. The summed E-state index contributed by atoms with van der Waals surface area (Å²) in [6.45, 7) is 1.52. The molecule has 0 bridgehead atoms. The number of hydrogen-bond donors (Lipinski definition) is 2. The first-order valence-corrected chi connectivity index (χ1v) is 10.2. The molecule has 2 heterocycles. The van der Waals surface area contributed by atoms with E-state index in [1.165, 1.54) is 24.5 Å². The minimum Gasteiger partial charge on any atom is -0.449 e. The molecule has 7 nitrogen and oxygen atoms in total. The number of carbonyl (C=O) groups excluding carboxylic acids is 2. The Labute approximate surface area is 172 Å². The van der Waals surface area contributed by atoms with Crippen LogP contribution in [0.15, 0.2) is 54.0 Å². The van der Waals surface area contributed by atoms with Gasteiger partial charge in [-0.2, -0.15) is 0 Å². The van der Waals surface area contributed by atoms with Crippen LogP contribution in [-0.2, 0) is 9.53 Å². The maximum atomic E-state index is 12.4. The highest BCUT2D eigenvalue weighted by Crippen LogP contribution is 2.25. The second-order valence-electron chi connectivity index (χ2n) is 6.79. The van der Waals surface area contributed by atoms with Crippen molar-refractivity contribution >= 4 is 34.2 Å². The predicted octanol–water partition coefficient (Wildman–Crippen LogP) is 3.96. The molecular formula is C21H20N4O3S. The summed E-state index contributed by atoms with van der Waals surface area (Å²) in [5.74, 6) is -0.303. The number of aromatic nitrogens is 2. The largest absolute Gasteiger partial charge is 0.449 e. The van der Waals surface area contributed by atoms with E-state index in [2.05, 4.69) is 20.6 Å². The summed E-state index contributed by atoms with van der Waals surface area (Å²) in [6, 6.07) is 13.5. The molecule has 1 atom stereocenters. The Kier molecular flexibility index (Phi) is 5.53. The minimum absolute atomic E-state index is 0.298. The van der Waals surface area contributed by atoms with Crippen molar-refractivity contribution in [3.05, 3.63) is 59.6 Å². The molecule has 1 aliphatic carbocycles. The second-order valence-corrected chi connectivity index (χ2v) is 7.65. The van der Waals surface area contributed by atoms with Crippen molar-refractivity contribution in [3.63, 3.8) is 0 Å². The summed E-state index contributed by atoms with van der Waals surface area (Å²) in [7, 11) is 0. The van der Waals surface area contributed by atoms with E-state index in [-0.39, 0.29) is 0 Å². The van der Waals surface area contributed by atoms with Crippen molar-refractivity contribution < 1.29 is 14.3 Å². The molecule has 1 aliphatic rings. The molecule has 1 saturated carbocycles. The lowest BCUT2D eigenvalue weighted by Crippen LogP contribution is -2.30. The Morgan fingerprint density at radius 2 is 1.97 bits per heavy atom. The summed E-state index contributed by atoms with van der Waals surface area (Å²) >= 11 is 1.32. The molecule has 148 valence electrons. The Bertz CT molecular complexity index is 1000. The quantitative estimate of drug-likeness (QED) is 0.575. The van der Waals surface area contributed by atoms with Gasteiger partial charge in [-0.25, -0.2) is 14.8 Å². The Hall–Kier alpha value is -3.26. The van der Waals surface area contributed by atoms with Crippen LogP contribution in [0.2, 0.25) is 0 Å². The van der Waals surface area contributed by atoms with E-state index in [1.807, 2.05) is 35.7 Å².